The first-order chi connectivity index (χ1) is 16.1. The van der Waals surface area contributed by atoms with E-state index >= 15 is 0 Å². The number of ether oxygens (including phenoxy) is 1. The summed E-state index contributed by atoms with van der Waals surface area (Å²) < 4.78 is 42.7. The molecule has 10 nitrogen and oxygen atoms in total. The van der Waals surface area contributed by atoms with E-state index in [2.05, 4.69) is 25.2 Å². The topological polar surface area (TPSA) is 136 Å². The van der Waals surface area contributed by atoms with Crippen LogP contribution in [0.4, 0.5) is 18.9 Å². The summed E-state index contributed by atoms with van der Waals surface area (Å²) >= 11 is 1.81. The highest BCUT2D eigenvalue weighted by Gasteiger charge is 2.30. The molecule has 176 valence electrons. The molecule has 0 unspecified atom stereocenters. The van der Waals surface area contributed by atoms with Gasteiger partial charge in [0, 0.05) is 34.9 Å². The zero-order chi connectivity index (χ0) is 24.9. The molecular formula is C19H12F3N5O5S2. The van der Waals surface area contributed by atoms with Crippen LogP contribution in [0.1, 0.15) is 11.1 Å². The average Bonchev–Trinajstić information content (AvgIpc) is 3.13. The zero-order valence-corrected chi connectivity index (χ0v) is 18.5. The first-order valence-corrected chi connectivity index (χ1v) is 10.6. The van der Waals surface area contributed by atoms with Crippen LogP contribution in [0.5, 0.6) is 0 Å². The van der Waals surface area contributed by atoms with Crippen LogP contribution in [0.3, 0.4) is 0 Å². The van der Waals surface area contributed by atoms with Gasteiger partial charge in [-0.2, -0.15) is 18.3 Å². The molecule has 1 saturated heterocycles. The first kappa shape index (κ1) is 24.9. The van der Waals surface area contributed by atoms with Gasteiger partial charge in [0.15, 0.2) is 5.17 Å². The molecule has 15 heteroatoms. The average molecular weight is 511 g/mol. The standard InChI is InChI=1S/C19H12F3N5O5S2/c1-32-16(28)7-14-17(29)25-18(34-14)26-24-8-10-6-12(27(30)31)3-4-13(10)33-15-5-2-11(9-23-15)19(20,21)22/h2-9H,1H3,(H,25,26,29)/b14-7+,24-8?. The number of hydrogen-bond acceptors (Lipinski definition) is 10. The lowest BCUT2D eigenvalue weighted by Crippen LogP contribution is -2.19. The molecule has 1 aromatic heterocycles. The molecule has 1 aromatic carbocycles. The van der Waals surface area contributed by atoms with Crippen molar-refractivity contribution in [3.8, 4) is 0 Å². The number of nitrogens with one attached hydrogen (secondary N) is 1. The highest BCUT2D eigenvalue weighted by atomic mass is 32.2. The fraction of sp³-hybridized carbons (Fsp3) is 0.105. The van der Waals surface area contributed by atoms with Crippen LogP contribution in [-0.4, -0.2) is 40.3 Å². The fourth-order valence-corrected chi connectivity index (χ4v) is 3.92. The maximum Gasteiger partial charge on any atom is 0.417 e. The summed E-state index contributed by atoms with van der Waals surface area (Å²) in [6.45, 7) is 0. The third-order valence-electron chi connectivity index (χ3n) is 3.93. The minimum absolute atomic E-state index is 0.0424. The van der Waals surface area contributed by atoms with Gasteiger partial charge in [0.05, 0.1) is 28.7 Å². The van der Waals surface area contributed by atoms with Gasteiger partial charge in [-0.05, 0) is 30.0 Å². The number of benzene rings is 1. The molecule has 2 aromatic rings. The molecule has 0 bridgehead atoms. The fourth-order valence-electron chi connectivity index (χ4n) is 2.35. The number of non-ortho nitro benzene ring substituents is 1. The number of nitro groups is 1. The van der Waals surface area contributed by atoms with Crippen molar-refractivity contribution in [2.45, 2.75) is 16.1 Å². The maximum absolute atomic E-state index is 12.7. The molecule has 0 saturated carbocycles. The Morgan fingerprint density at radius 3 is 2.71 bits per heavy atom. The van der Waals surface area contributed by atoms with Crippen molar-refractivity contribution in [1.29, 1.82) is 0 Å². The Morgan fingerprint density at radius 1 is 1.32 bits per heavy atom. The summed E-state index contributed by atoms with van der Waals surface area (Å²) in [5.41, 5.74) is -0.912. The number of amides is 1. The van der Waals surface area contributed by atoms with Gasteiger partial charge in [0.25, 0.3) is 11.6 Å². The largest absolute Gasteiger partial charge is 0.466 e. The number of carbonyl (C=O) groups is 2. The van der Waals surface area contributed by atoms with Gasteiger partial charge in [-0.15, -0.1) is 5.10 Å². The van der Waals surface area contributed by atoms with Crippen LogP contribution in [0.2, 0.25) is 0 Å². The summed E-state index contributed by atoms with van der Waals surface area (Å²) in [6.07, 6.45) is -1.67. The summed E-state index contributed by atoms with van der Waals surface area (Å²) in [6, 6.07) is 5.89. The first-order valence-electron chi connectivity index (χ1n) is 8.96. The van der Waals surface area contributed by atoms with E-state index in [4.69, 9.17) is 0 Å². The van der Waals surface area contributed by atoms with Crippen molar-refractivity contribution in [2.75, 3.05) is 7.11 Å². The van der Waals surface area contributed by atoms with E-state index in [0.29, 0.717) is 11.1 Å². The van der Waals surface area contributed by atoms with Crippen molar-refractivity contribution < 1.29 is 32.4 Å². The van der Waals surface area contributed by atoms with Gasteiger partial charge in [0.2, 0.25) is 0 Å². The number of hydrogen-bond donors (Lipinski definition) is 1. The molecule has 0 aliphatic carbocycles. The van der Waals surface area contributed by atoms with Crippen molar-refractivity contribution in [2.24, 2.45) is 10.2 Å². The monoisotopic (exact) mass is 511 g/mol. The smallest absolute Gasteiger partial charge is 0.417 e. The number of halogens is 3. The van der Waals surface area contributed by atoms with Crippen LogP contribution < -0.4 is 5.32 Å². The third-order valence-corrected chi connectivity index (χ3v) is 5.87. The lowest BCUT2D eigenvalue weighted by atomic mass is 10.2. The molecule has 0 radical (unpaired) electrons. The van der Waals surface area contributed by atoms with Crippen molar-refractivity contribution >= 4 is 52.5 Å². The second-order valence-corrected chi connectivity index (χ2v) is 8.29. The molecule has 1 N–H and O–H groups in total. The molecule has 0 spiro atoms. The second kappa shape index (κ2) is 10.5. The Balaban J connectivity index is 1.83. The predicted octanol–water partition coefficient (Wildman–Crippen LogP) is 3.77. The van der Waals surface area contributed by atoms with E-state index in [1.165, 1.54) is 30.5 Å². The lowest BCUT2D eigenvalue weighted by Gasteiger charge is -2.08. The number of aromatic nitrogens is 1. The van der Waals surface area contributed by atoms with Gasteiger partial charge in [-0.1, -0.05) is 11.8 Å². The minimum Gasteiger partial charge on any atom is -0.466 e. The van der Waals surface area contributed by atoms with E-state index in [1.807, 2.05) is 0 Å². The number of alkyl halides is 3. The molecule has 2 heterocycles. The van der Waals surface area contributed by atoms with Gasteiger partial charge in [-0.25, -0.2) is 9.78 Å². The highest BCUT2D eigenvalue weighted by Crippen LogP contribution is 2.33. The molecule has 1 fully saturated rings. The van der Waals surface area contributed by atoms with Crippen LogP contribution in [0.15, 0.2) is 67.6 Å². The minimum atomic E-state index is -4.53. The number of pyridine rings is 1. The number of amidine groups is 1. The molecule has 3 rings (SSSR count). The predicted molar refractivity (Wildman–Crippen MR) is 117 cm³/mol. The molecule has 1 aliphatic rings. The Morgan fingerprint density at radius 2 is 2.09 bits per heavy atom. The summed E-state index contributed by atoms with van der Waals surface area (Å²) in [4.78, 5) is 37.9. The van der Waals surface area contributed by atoms with Crippen molar-refractivity contribution in [3.63, 3.8) is 0 Å². The Hall–Kier alpha value is -3.72. The highest BCUT2D eigenvalue weighted by molar-refractivity contribution is 8.18. The Kier molecular flexibility index (Phi) is 7.68. The van der Waals surface area contributed by atoms with E-state index in [0.717, 1.165) is 42.8 Å². The zero-order valence-electron chi connectivity index (χ0n) is 16.9. The Bertz CT molecular complexity index is 1230. The van der Waals surface area contributed by atoms with Crippen molar-refractivity contribution in [3.05, 3.63) is 68.8 Å². The van der Waals surface area contributed by atoms with Crippen LogP contribution in [-0.2, 0) is 20.5 Å². The SMILES string of the molecule is COC(=O)/C=C1/S/C(=N\N=Cc2cc([N+](=O)[O-])ccc2Sc2ccc(C(F)(F)F)cn2)NC1=O. The summed E-state index contributed by atoms with van der Waals surface area (Å²) in [5.74, 6) is -1.30. The van der Waals surface area contributed by atoms with Gasteiger partial charge >= 0.3 is 12.1 Å². The number of nitrogens with zero attached hydrogens (tertiary/aromatic N) is 4. The molecule has 1 aliphatic heterocycles. The Labute approximate surface area is 197 Å². The number of nitro benzene ring substituents is 1. The maximum atomic E-state index is 12.7. The normalized spacial score (nSPS) is 16.3. The lowest BCUT2D eigenvalue weighted by molar-refractivity contribution is -0.384. The number of methoxy groups -OCH3 is 1. The quantitative estimate of drug-likeness (QED) is 0.204. The van der Waals surface area contributed by atoms with Crippen molar-refractivity contribution in [1.82, 2.24) is 10.3 Å². The molecule has 0 atom stereocenters. The number of thioether (sulfide) groups is 1. The third kappa shape index (κ3) is 6.41. The summed E-state index contributed by atoms with van der Waals surface area (Å²) in [5, 5.41) is 21.4. The van der Waals surface area contributed by atoms with E-state index in [-0.39, 0.29) is 26.3 Å². The number of rotatable bonds is 6. The van der Waals surface area contributed by atoms with E-state index in [9.17, 15) is 32.9 Å². The number of carbonyl (C=O) groups excluding carboxylic acids is 2. The van der Waals surface area contributed by atoms with Gasteiger partial charge in [-0.3, -0.25) is 20.2 Å². The van der Waals surface area contributed by atoms with Crippen LogP contribution >= 0.6 is 23.5 Å². The van der Waals surface area contributed by atoms with Crippen LogP contribution in [0.25, 0.3) is 0 Å². The van der Waals surface area contributed by atoms with Crippen LogP contribution in [0, 0.1) is 10.1 Å². The molecule has 34 heavy (non-hydrogen) atoms. The molecular weight excluding hydrogens is 499 g/mol. The number of esters is 1. The summed E-state index contributed by atoms with van der Waals surface area (Å²) in [7, 11) is 1.16. The second-order valence-electron chi connectivity index (χ2n) is 6.20. The molecule has 1 amide bonds. The van der Waals surface area contributed by atoms with E-state index in [1.54, 1.807) is 0 Å². The van der Waals surface area contributed by atoms with E-state index < -0.39 is 28.5 Å². The van der Waals surface area contributed by atoms with Gasteiger partial charge < -0.3 is 4.74 Å². The van der Waals surface area contributed by atoms with Gasteiger partial charge in [0.1, 0.15) is 5.03 Å².